The number of aryl methyl sites for hydroxylation is 1. The molecule has 0 unspecified atom stereocenters. The van der Waals surface area contributed by atoms with Gasteiger partial charge in [0.25, 0.3) is 0 Å². The van der Waals surface area contributed by atoms with Crippen LogP contribution in [-0.2, 0) is 9.59 Å². The smallest absolute Gasteiger partial charge is 0.303 e. The molecule has 6 heteroatoms. The molecular formula is C14H22N2O4. The molecule has 0 atom stereocenters. The quantitative estimate of drug-likeness (QED) is 0.484. The second-order valence-electron chi connectivity index (χ2n) is 4.50. The SMILES string of the molecule is Cc1ccc(N)c(C)c1N.O=C(O)CCCCC(=O)O. The summed E-state index contributed by atoms with van der Waals surface area (Å²) < 4.78 is 0. The van der Waals surface area contributed by atoms with Crippen LogP contribution in [0.3, 0.4) is 0 Å². The third kappa shape index (κ3) is 7.25. The van der Waals surface area contributed by atoms with Crippen LogP contribution in [0.1, 0.15) is 36.8 Å². The van der Waals surface area contributed by atoms with E-state index >= 15 is 0 Å². The lowest BCUT2D eigenvalue weighted by molar-refractivity contribution is -0.139. The van der Waals surface area contributed by atoms with E-state index in [1.165, 1.54) is 0 Å². The highest BCUT2D eigenvalue weighted by Gasteiger charge is 1.99. The molecule has 1 aromatic carbocycles. The predicted molar refractivity (Wildman–Crippen MR) is 78.5 cm³/mol. The highest BCUT2D eigenvalue weighted by atomic mass is 16.4. The Hall–Kier alpha value is -2.24. The Morgan fingerprint density at radius 2 is 1.45 bits per heavy atom. The molecule has 0 saturated carbocycles. The highest BCUT2D eigenvalue weighted by molar-refractivity contribution is 5.68. The van der Waals surface area contributed by atoms with Crippen molar-refractivity contribution in [3.05, 3.63) is 23.3 Å². The van der Waals surface area contributed by atoms with E-state index in [0.29, 0.717) is 12.8 Å². The lowest BCUT2D eigenvalue weighted by Crippen LogP contribution is -1.97. The van der Waals surface area contributed by atoms with Crippen LogP contribution in [0.5, 0.6) is 0 Å². The molecular weight excluding hydrogens is 260 g/mol. The van der Waals surface area contributed by atoms with Gasteiger partial charge in [0.05, 0.1) is 0 Å². The fourth-order valence-electron chi connectivity index (χ4n) is 1.43. The normalized spacial score (nSPS) is 9.50. The van der Waals surface area contributed by atoms with Gasteiger partial charge in [0.2, 0.25) is 0 Å². The molecule has 112 valence electrons. The average Bonchev–Trinajstić information content (AvgIpc) is 2.37. The maximum absolute atomic E-state index is 9.90. The summed E-state index contributed by atoms with van der Waals surface area (Å²) in [6.45, 7) is 3.90. The molecule has 0 bridgehead atoms. The average molecular weight is 282 g/mol. The van der Waals surface area contributed by atoms with Crippen molar-refractivity contribution in [2.45, 2.75) is 39.5 Å². The van der Waals surface area contributed by atoms with Crippen molar-refractivity contribution in [3.63, 3.8) is 0 Å². The molecule has 1 rings (SSSR count). The highest BCUT2D eigenvalue weighted by Crippen LogP contribution is 2.21. The van der Waals surface area contributed by atoms with Crippen molar-refractivity contribution in [1.82, 2.24) is 0 Å². The van der Waals surface area contributed by atoms with Gasteiger partial charge in [0.15, 0.2) is 0 Å². The first-order valence-electron chi connectivity index (χ1n) is 6.30. The van der Waals surface area contributed by atoms with Crippen LogP contribution in [-0.4, -0.2) is 22.2 Å². The van der Waals surface area contributed by atoms with Gasteiger partial charge in [-0.1, -0.05) is 6.07 Å². The zero-order chi connectivity index (χ0) is 15.7. The van der Waals surface area contributed by atoms with Crippen molar-refractivity contribution in [3.8, 4) is 0 Å². The van der Waals surface area contributed by atoms with Crippen LogP contribution in [0.25, 0.3) is 0 Å². The molecule has 1 aromatic rings. The van der Waals surface area contributed by atoms with E-state index in [1.54, 1.807) is 0 Å². The van der Waals surface area contributed by atoms with E-state index in [-0.39, 0.29) is 12.8 Å². The Morgan fingerprint density at radius 1 is 1.00 bits per heavy atom. The summed E-state index contributed by atoms with van der Waals surface area (Å²) in [6.07, 6.45) is 1.02. The molecule has 0 aromatic heterocycles. The summed E-state index contributed by atoms with van der Waals surface area (Å²) in [4.78, 5) is 19.8. The second-order valence-corrected chi connectivity index (χ2v) is 4.50. The third-order valence-corrected chi connectivity index (χ3v) is 2.81. The van der Waals surface area contributed by atoms with Crippen LogP contribution >= 0.6 is 0 Å². The summed E-state index contributed by atoms with van der Waals surface area (Å²) in [5, 5.41) is 16.3. The first-order valence-corrected chi connectivity index (χ1v) is 6.30. The lowest BCUT2D eigenvalue weighted by Gasteiger charge is -2.05. The van der Waals surface area contributed by atoms with Gasteiger partial charge in [0, 0.05) is 24.2 Å². The molecule has 0 saturated heterocycles. The van der Waals surface area contributed by atoms with Gasteiger partial charge in [-0.15, -0.1) is 0 Å². The van der Waals surface area contributed by atoms with Gasteiger partial charge in [-0.3, -0.25) is 9.59 Å². The van der Waals surface area contributed by atoms with E-state index in [0.717, 1.165) is 22.5 Å². The number of anilines is 2. The lowest BCUT2D eigenvalue weighted by atomic mass is 10.1. The molecule has 0 spiro atoms. The zero-order valence-corrected chi connectivity index (χ0v) is 11.8. The molecule has 0 aliphatic carbocycles. The van der Waals surface area contributed by atoms with Crippen LogP contribution in [0, 0.1) is 13.8 Å². The summed E-state index contributed by atoms with van der Waals surface area (Å²) in [6, 6.07) is 3.80. The number of hydrogen-bond acceptors (Lipinski definition) is 4. The minimum absolute atomic E-state index is 0.0628. The van der Waals surface area contributed by atoms with Gasteiger partial charge < -0.3 is 21.7 Å². The number of nitrogen functional groups attached to an aromatic ring is 2. The number of rotatable bonds is 5. The molecule has 0 radical (unpaired) electrons. The van der Waals surface area contributed by atoms with Crippen LogP contribution in [0.2, 0.25) is 0 Å². The van der Waals surface area contributed by atoms with Gasteiger partial charge in [0.1, 0.15) is 0 Å². The Morgan fingerprint density at radius 3 is 1.80 bits per heavy atom. The molecule has 0 aliphatic rings. The fraction of sp³-hybridized carbons (Fsp3) is 0.429. The Bertz CT molecular complexity index is 429. The molecule has 20 heavy (non-hydrogen) atoms. The minimum atomic E-state index is -0.870. The molecule has 0 amide bonds. The van der Waals surface area contributed by atoms with Crippen molar-refractivity contribution >= 4 is 23.3 Å². The summed E-state index contributed by atoms with van der Waals surface area (Å²) in [7, 11) is 0. The molecule has 6 nitrogen and oxygen atoms in total. The summed E-state index contributed by atoms with van der Waals surface area (Å²) in [5.41, 5.74) is 15.0. The molecule has 0 aliphatic heterocycles. The van der Waals surface area contributed by atoms with E-state index in [2.05, 4.69) is 0 Å². The summed E-state index contributed by atoms with van der Waals surface area (Å²) >= 11 is 0. The van der Waals surface area contributed by atoms with Gasteiger partial charge >= 0.3 is 11.9 Å². The molecule has 6 N–H and O–H groups in total. The van der Waals surface area contributed by atoms with E-state index in [9.17, 15) is 9.59 Å². The monoisotopic (exact) mass is 282 g/mol. The van der Waals surface area contributed by atoms with E-state index in [4.69, 9.17) is 21.7 Å². The number of carbonyl (C=O) groups is 2. The van der Waals surface area contributed by atoms with Gasteiger partial charge in [-0.2, -0.15) is 0 Å². The number of unbranched alkanes of at least 4 members (excludes halogenated alkanes) is 1. The van der Waals surface area contributed by atoms with Crippen molar-refractivity contribution in [2.75, 3.05) is 11.5 Å². The Balaban J connectivity index is 0.000000361. The van der Waals surface area contributed by atoms with E-state index in [1.807, 2.05) is 26.0 Å². The predicted octanol–water partition coefficient (Wildman–Crippen LogP) is 2.18. The third-order valence-electron chi connectivity index (χ3n) is 2.81. The number of benzene rings is 1. The number of nitrogens with two attached hydrogens (primary N) is 2. The fourth-order valence-corrected chi connectivity index (χ4v) is 1.43. The number of carboxylic acids is 2. The number of hydrogen-bond donors (Lipinski definition) is 4. The number of aliphatic carboxylic acids is 2. The summed E-state index contributed by atoms with van der Waals surface area (Å²) in [5.74, 6) is -1.74. The minimum Gasteiger partial charge on any atom is -0.481 e. The van der Waals surface area contributed by atoms with Crippen LogP contribution in [0.4, 0.5) is 11.4 Å². The Kier molecular flexibility index (Phi) is 7.81. The topological polar surface area (TPSA) is 127 Å². The largest absolute Gasteiger partial charge is 0.481 e. The molecule has 0 fully saturated rings. The van der Waals surface area contributed by atoms with Crippen LogP contribution < -0.4 is 11.5 Å². The molecule has 0 heterocycles. The van der Waals surface area contributed by atoms with Crippen molar-refractivity contribution in [2.24, 2.45) is 0 Å². The number of carboxylic acid groups (broad SMARTS) is 2. The van der Waals surface area contributed by atoms with E-state index < -0.39 is 11.9 Å². The second kappa shape index (κ2) is 8.79. The van der Waals surface area contributed by atoms with Gasteiger partial charge in [-0.05, 0) is 43.9 Å². The van der Waals surface area contributed by atoms with Crippen molar-refractivity contribution in [1.29, 1.82) is 0 Å². The maximum atomic E-state index is 9.90. The first kappa shape index (κ1) is 17.8. The zero-order valence-electron chi connectivity index (χ0n) is 11.8. The standard InChI is InChI=1S/C8H12N2.C6H10O4/c1-5-3-4-7(9)6(2)8(5)10;7-5(8)3-1-2-4-6(9)10/h3-4H,9-10H2,1-2H3;1-4H2,(H,7,8)(H,9,10). The maximum Gasteiger partial charge on any atom is 0.303 e. The van der Waals surface area contributed by atoms with Crippen LogP contribution in [0.15, 0.2) is 12.1 Å². The first-order chi connectivity index (χ1) is 9.25. The van der Waals surface area contributed by atoms with Gasteiger partial charge in [-0.25, -0.2) is 0 Å². The van der Waals surface area contributed by atoms with Crippen molar-refractivity contribution < 1.29 is 19.8 Å². The Labute approximate surface area is 118 Å².